The molecule has 4 rings (SSSR count). The zero-order valence-corrected chi connectivity index (χ0v) is 15.7. The van der Waals surface area contributed by atoms with Gasteiger partial charge in [-0.05, 0) is 42.3 Å². The summed E-state index contributed by atoms with van der Waals surface area (Å²) in [6.45, 7) is 1.78. The molecule has 6 nitrogen and oxygen atoms in total. The molecular formula is C19H13ClF3N5O. The summed E-state index contributed by atoms with van der Waals surface area (Å²) in [7, 11) is 0. The van der Waals surface area contributed by atoms with E-state index in [2.05, 4.69) is 15.3 Å². The second kappa shape index (κ2) is 7.00. The Balaban J connectivity index is 1.73. The highest BCUT2D eigenvalue weighted by Crippen LogP contribution is 2.29. The molecule has 2 aromatic carbocycles. The first kappa shape index (κ1) is 19.1. The summed E-state index contributed by atoms with van der Waals surface area (Å²) in [6.07, 6.45) is -3.19. The van der Waals surface area contributed by atoms with E-state index >= 15 is 0 Å². The molecule has 4 aromatic rings. The average molecular weight is 420 g/mol. The largest absolute Gasteiger partial charge is 0.416 e. The summed E-state index contributed by atoms with van der Waals surface area (Å²) < 4.78 is 41.3. The van der Waals surface area contributed by atoms with Gasteiger partial charge in [-0.15, -0.1) is 5.10 Å². The van der Waals surface area contributed by atoms with Gasteiger partial charge in [-0.25, -0.2) is 4.98 Å². The Morgan fingerprint density at radius 1 is 1.14 bits per heavy atom. The van der Waals surface area contributed by atoms with E-state index in [1.807, 2.05) is 6.92 Å². The van der Waals surface area contributed by atoms with Gasteiger partial charge in [-0.3, -0.25) is 9.36 Å². The lowest BCUT2D eigenvalue weighted by atomic mass is 10.1. The number of fused-ring (bicyclic) bond motifs is 1. The van der Waals surface area contributed by atoms with Crippen LogP contribution in [-0.2, 0) is 12.7 Å². The number of aryl methyl sites for hydroxylation is 1. The predicted molar refractivity (Wildman–Crippen MR) is 101 cm³/mol. The van der Waals surface area contributed by atoms with Crippen molar-refractivity contribution in [1.29, 1.82) is 0 Å². The minimum absolute atomic E-state index is 0.0103. The van der Waals surface area contributed by atoms with Gasteiger partial charge >= 0.3 is 6.18 Å². The molecule has 0 bridgehead atoms. The molecule has 2 aromatic heterocycles. The van der Waals surface area contributed by atoms with Crippen LogP contribution in [0.5, 0.6) is 0 Å². The maximum atomic E-state index is 12.9. The summed E-state index contributed by atoms with van der Waals surface area (Å²) in [4.78, 5) is 17.0. The molecule has 0 aliphatic heterocycles. The third-order valence-electron chi connectivity index (χ3n) is 4.44. The lowest BCUT2D eigenvalue weighted by molar-refractivity contribution is -0.137. The number of alkyl halides is 3. The van der Waals surface area contributed by atoms with Crippen LogP contribution in [0.15, 0.2) is 53.6 Å². The van der Waals surface area contributed by atoms with Crippen LogP contribution in [-0.4, -0.2) is 24.5 Å². The fourth-order valence-corrected chi connectivity index (χ4v) is 3.06. The van der Waals surface area contributed by atoms with Gasteiger partial charge in [0, 0.05) is 5.02 Å². The maximum Gasteiger partial charge on any atom is 0.416 e. The molecule has 0 aliphatic carbocycles. The van der Waals surface area contributed by atoms with Crippen molar-refractivity contribution in [3.8, 4) is 5.69 Å². The van der Waals surface area contributed by atoms with Crippen molar-refractivity contribution in [3.63, 3.8) is 0 Å². The molecule has 0 atom stereocenters. The normalized spacial score (nSPS) is 11.9. The lowest BCUT2D eigenvalue weighted by Crippen LogP contribution is -2.21. The number of hydrogen-bond acceptors (Lipinski definition) is 4. The second-order valence-electron chi connectivity index (χ2n) is 6.48. The Bertz CT molecular complexity index is 1280. The van der Waals surface area contributed by atoms with E-state index in [0.29, 0.717) is 16.3 Å². The number of rotatable bonds is 3. The Morgan fingerprint density at radius 2 is 1.93 bits per heavy atom. The van der Waals surface area contributed by atoms with Crippen LogP contribution in [0.3, 0.4) is 0 Å². The smallest absolute Gasteiger partial charge is 0.293 e. The fraction of sp³-hybridized carbons (Fsp3) is 0.158. The van der Waals surface area contributed by atoms with E-state index in [4.69, 9.17) is 11.6 Å². The molecule has 0 radical (unpaired) electrons. The standard InChI is InChI=1S/C19H13ClF3N5O/c1-11-5-6-14(8-15(11)20)28-17-16(25-26-28)18(29)27(10-24-17)9-12-3-2-4-13(7-12)19(21,22)23/h2-8,10H,9H2,1H3. The first-order chi connectivity index (χ1) is 13.7. The fourth-order valence-electron chi connectivity index (χ4n) is 2.89. The molecule has 0 fully saturated rings. The van der Waals surface area contributed by atoms with E-state index in [0.717, 1.165) is 17.7 Å². The molecule has 0 aliphatic rings. The van der Waals surface area contributed by atoms with E-state index in [9.17, 15) is 18.0 Å². The summed E-state index contributed by atoms with van der Waals surface area (Å²) in [6, 6.07) is 10.0. The van der Waals surface area contributed by atoms with Crippen molar-refractivity contribution in [2.24, 2.45) is 0 Å². The summed E-state index contributed by atoms with van der Waals surface area (Å²) in [5.74, 6) is 0. The maximum absolute atomic E-state index is 12.9. The Kier molecular flexibility index (Phi) is 4.62. The summed E-state index contributed by atoms with van der Waals surface area (Å²) in [5, 5.41) is 8.41. The monoisotopic (exact) mass is 419 g/mol. The quantitative estimate of drug-likeness (QED) is 0.503. The highest BCUT2D eigenvalue weighted by molar-refractivity contribution is 6.31. The molecule has 0 unspecified atom stereocenters. The van der Waals surface area contributed by atoms with Crippen molar-refractivity contribution in [3.05, 3.63) is 80.9 Å². The van der Waals surface area contributed by atoms with Crippen LogP contribution in [0.25, 0.3) is 16.9 Å². The minimum atomic E-state index is -4.46. The second-order valence-corrected chi connectivity index (χ2v) is 6.89. The molecule has 29 heavy (non-hydrogen) atoms. The van der Waals surface area contributed by atoms with E-state index in [1.165, 1.54) is 27.7 Å². The SMILES string of the molecule is Cc1ccc(-n2nnc3c(=O)n(Cc4cccc(C(F)(F)F)c4)cnc32)cc1Cl. The van der Waals surface area contributed by atoms with E-state index in [1.54, 1.807) is 18.2 Å². The molecule has 2 heterocycles. The Hall–Kier alpha value is -3.20. The van der Waals surface area contributed by atoms with Gasteiger partial charge in [-0.2, -0.15) is 17.9 Å². The molecule has 0 amide bonds. The topological polar surface area (TPSA) is 65.6 Å². The van der Waals surface area contributed by atoms with Crippen LogP contribution in [0.2, 0.25) is 5.02 Å². The lowest BCUT2D eigenvalue weighted by Gasteiger charge is -2.10. The average Bonchev–Trinajstić information content (AvgIpc) is 3.11. The molecule has 10 heteroatoms. The Morgan fingerprint density at radius 3 is 2.66 bits per heavy atom. The van der Waals surface area contributed by atoms with Crippen molar-refractivity contribution in [2.75, 3.05) is 0 Å². The van der Waals surface area contributed by atoms with Gasteiger partial charge in [0.15, 0.2) is 11.2 Å². The zero-order chi connectivity index (χ0) is 20.8. The summed E-state index contributed by atoms with van der Waals surface area (Å²) >= 11 is 6.15. The van der Waals surface area contributed by atoms with Crippen LogP contribution in [0.1, 0.15) is 16.7 Å². The number of hydrogen-bond donors (Lipinski definition) is 0. The van der Waals surface area contributed by atoms with Crippen LogP contribution < -0.4 is 5.56 Å². The van der Waals surface area contributed by atoms with E-state index < -0.39 is 17.3 Å². The van der Waals surface area contributed by atoms with Gasteiger partial charge < -0.3 is 0 Å². The van der Waals surface area contributed by atoms with Crippen molar-refractivity contribution >= 4 is 22.8 Å². The molecule has 148 valence electrons. The van der Waals surface area contributed by atoms with Gasteiger partial charge in [0.2, 0.25) is 0 Å². The molecule has 0 saturated carbocycles. The van der Waals surface area contributed by atoms with Gasteiger partial charge in [-0.1, -0.05) is 35.0 Å². The molecule has 0 spiro atoms. The highest BCUT2D eigenvalue weighted by Gasteiger charge is 2.30. The van der Waals surface area contributed by atoms with Crippen molar-refractivity contribution < 1.29 is 13.2 Å². The third kappa shape index (κ3) is 3.61. The Labute approximate surface area is 167 Å². The van der Waals surface area contributed by atoms with E-state index in [-0.39, 0.29) is 17.7 Å². The number of halogens is 4. The highest BCUT2D eigenvalue weighted by atomic mass is 35.5. The van der Waals surface area contributed by atoms with Crippen LogP contribution in [0.4, 0.5) is 13.2 Å². The molecule has 0 N–H and O–H groups in total. The van der Waals surface area contributed by atoms with Crippen LogP contribution in [0, 0.1) is 6.92 Å². The van der Waals surface area contributed by atoms with Gasteiger partial charge in [0.1, 0.15) is 6.33 Å². The van der Waals surface area contributed by atoms with Crippen LogP contribution >= 0.6 is 11.6 Å². The zero-order valence-electron chi connectivity index (χ0n) is 15.0. The van der Waals surface area contributed by atoms with Crippen molar-refractivity contribution in [2.45, 2.75) is 19.6 Å². The third-order valence-corrected chi connectivity index (χ3v) is 4.84. The first-order valence-electron chi connectivity index (χ1n) is 8.47. The summed E-state index contributed by atoms with van der Waals surface area (Å²) in [5.41, 5.74) is 0.755. The number of aromatic nitrogens is 5. The molecular weight excluding hydrogens is 407 g/mol. The number of nitrogens with zero attached hydrogens (tertiary/aromatic N) is 5. The minimum Gasteiger partial charge on any atom is -0.293 e. The first-order valence-corrected chi connectivity index (χ1v) is 8.85. The molecule has 0 saturated heterocycles. The van der Waals surface area contributed by atoms with Gasteiger partial charge in [0.25, 0.3) is 5.56 Å². The van der Waals surface area contributed by atoms with Crippen molar-refractivity contribution in [1.82, 2.24) is 24.5 Å². The van der Waals surface area contributed by atoms with Gasteiger partial charge in [0.05, 0.1) is 17.8 Å². The predicted octanol–water partition coefficient (Wildman–Crippen LogP) is 4.01. The number of benzene rings is 2.